The van der Waals surface area contributed by atoms with E-state index >= 15 is 0 Å². The van der Waals surface area contributed by atoms with E-state index in [4.69, 9.17) is 28.4 Å². The fourth-order valence-corrected chi connectivity index (χ4v) is 8.63. The Morgan fingerprint density at radius 3 is 2.09 bits per heavy atom. The van der Waals surface area contributed by atoms with E-state index < -0.39 is 89.0 Å². The lowest BCUT2D eigenvalue weighted by Crippen LogP contribution is -2.83. The van der Waals surface area contributed by atoms with Gasteiger partial charge >= 0.3 is 29.8 Å². The number of ether oxygens (including phenoxy) is 6. The van der Waals surface area contributed by atoms with Crippen LogP contribution in [-0.4, -0.2) is 87.8 Å². The van der Waals surface area contributed by atoms with Gasteiger partial charge in [-0.05, 0) is 69.5 Å². The van der Waals surface area contributed by atoms with Crippen LogP contribution in [0.3, 0.4) is 0 Å². The zero-order chi connectivity index (χ0) is 38.9. The van der Waals surface area contributed by atoms with Gasteiger partial charge in [0.15, 0.2) is 11.7 Å². The van der Waals surface area contributed by atoms with Gasteiger partial charge in [-0.15, -0.1) is 0 Å². The Labute approximate surface area is 312 Å². The molecular weight excluding hydrogens is 698 g/mol. The molecule has 1 spiro atoms. The molecule has 3 aromatic rings. The van der Waals surface area contributed by atoms with Crippen molar-refractivity contribution in [1.82, 2.24) is 4.98 Å². The number of aliphatic hydroxyl groups is 1. The highest BCUT2D eigenvalue weighted by Crippen LogP contribution is 2.69. The van der Waals surface area contributed by atoms with Crippen LogP contribution in [0.1, 0.15) is 73.7 Å². The Hall–Kier alpha value is -5.40. The lowest BCUT2D eigenvalue weighted by Gasteiger charge is -2.65. The maximum Gasteiger partial charge on any atom is 0.340 e. The Kier molecular flexibility index (Phi) is 10.5. The van der Waals surface area contributed by atoms with Gasteiger partial charge in [-0.3, -0.25) is 14.6 Å². The highest BCUT2D eigenvalue weighted by molar-refractivity contribution is 5.90. The summed E-state index contributed by atoms with van der Waals surface area (Å²) >= 11 is 0. The van der Waals surface area contributed by atoms with Gasteiger partial charge in [0.2, 0.25) is 0 Å². The molecular formula is C41H43NO12. The largest absolute Gasteiger partial charge is 0.465 e. The van der Waals surface area contributed by atoms with Crippen molar-refractivity contribution < 1.29 is 57.5 Å². The summed E-state index contributed by atoms with van der Waals surface area (Å²) in [6, 6.07) is 20.1. The number of aromatic nitrogens is 1. The molecule has 2 saturated carbocycles. The van der Waals surface area contributed by atoms with Gasteiger partial charge in [0.1, 0.15) is 30.3 Å². The number of pyridine rings is 1. The number of hydrogen-bond donors (Lipinski definition) is 1. The molecule has 284 valence electrons. The first kappa shape index (κ1) is 38.3. The molecule has 3 fully saturated rings. The third kappa shape index (κ3) is 6.77. The van der Waals surface area contributed by atoms with Crippen LogP contribution in [0.15, 0.2) is 91.3 Å². The minimum absolute atomic E-state index is 0.0573. The number of fused-ring (bicyclic) bond motifs is 1. The zero-order valence-corrected chi connectivity index (χ0v) is 30.6. The van der Waals surface area contributed by atoms with Crippen LogP contribution in [0.25, 0.3) is 6.08 Å². The second-order valence-corrected chi connectivity index (χ2v) is 14.6. The van der Waals surface area contributed by atoms with Gasteiger partial charge in [-0.1, -0.05) is 48.5 Å². The second-order valence-electron chi connectivity index (χ2n) is 14.6. The predicted octanol–water partition coefficient (Wildman–Crippen LogP) is 4.66. The van der Waals surface area contributed by atoms with Crippen LogP contribution >= 0.6 is 0 Å². The van der Waals surface area contributed by atoms with Crippen molar-refractivity contribution in [2.45, 2.75) is 88.7 Å². The summed E-state index contributed by atoms with van der Waals surface area (Å²) in [4.78, 5) is 71.8. The maximum atomic E-state index is 14.2. The Balaban J connectivity index is 1.61. The van der Waals surface area contributed by atoms with Gasteiger partial charge < -0.3 is 33.5 Å². The quantitative estimate of drug-likeness (QED) is 0.173. The number of rotatable bonds is 10. The van der Waals surface area contributed by atoms with E-state index in [9.17, 15) is 29.1 Å². The van der Waals surface area contributed by atoms with Crippen LogP contribution < -0.4 is 0 Å². The summed E-state index contributed by atoms with van der Waals surface area (Å²) in [5.41, 5.74) is -6.59. The highest BCUT2D eigenvalue weighted by atomic mass is 16.6. The zero-order valence-electron chi connectivity index (χ0n) is 30.6. The van der Waals surface area contributed by atoms with Crippen molar-refractivity contribution in [2.24, 2.45) is 11.3 Å². The summed E-state index contributed by atoms with van der Waals surface area (Å²) in [5, 5.41) is 12.6. The van der Waals surface area contributed by atoms with E-state index in [1.54, 1.807) is 68.5 Å². The minimum Gasteiger partial charge on any atom is -0.465 e. The minimum atomic E-state index is -2.10. The molecule has 8 atom stereocenters. The van der Waals surface area contributed by atoms with E-state index in [1.165, 1.54) is 50.5 Å². The number of nitrogens with zero attached hydrogens (tertiary/aromatic N) is 1. The van der Waals surface area contributed by atoms with Gasteiger partial charge in [0, 0.05) is 32.3 Å². The standard InChI is InChI=1S/C41H43NO12/c1-25(43)49-24-40-30(51-31(45)19-18-27-13-8-6-9-14-27)20-21-39(5,48)41(40)34(50-26(2)44)32(38(3,4)54-41)33(52-37(47)29-17-12-22-42-23-29)35(40)53-36(46)28-15-10-7-11-16-28/h6-19,22-23,30,32-35,48H,20-21,24H2,1-5H3/b19-18-/t30-,32?,33+,34?,35+,39-,40?,41?/m0/s1. The normalized spacial score (nSPS) is 30.7. The monoisotopic (exact) mass is 741 g/mol. The predicted molar refractivity (Wildman–Crippen MR) is 190 cm³/mol. The molecule has 2 aromatic carbocycles. The van der Waals surface area contributed by atoms with E-state index in [-0.39, 0.29) is 24.0 Å². The first-order valence-electron chi connectivity index (χ1n) is 17.7. The molecule has 54 heavy (non-hydrogen) atoms. The van der Waals surface area contributed by atoms with Crippen LogP contribution in [0.4, 0.5) is 0 Å². The first-order valence-corrected chi connectivity index (χ1v) is 17.7. The molecule has 1 N–H and O–H groups in total. The lowest BCUT2D eigenvalue weighted by atomic mass is 9.46. The van der Waals surface area contributed by atoms with Crippen molar-refractivity contribution >= 4 is 35.9 Å². The van der Waals surface area contributed by atoms with Crippen LogP contribution in [-0.2, 0) is 42.8 Å². The van der Waals surface area contributed by atoms with Gasteiger partial charge in [-0.2, -0.15) is 0 Å². The number of carbonyl (C=O) groups excluding carboxylic acids is 5. The molecule has 0 radical (unpaired) electrons. The summed E-state index contributed by atoms with van der Waals surface area (Å²) in [7, 11) is 0. The average Bonchev–Trinajstić information content (AvgIpc) is 3.34. The highest BCUT2D eigenvalue weighted by Gasteiger charge is 2.87. The van der Waals surface area contributed by atoms with E-state index in [0.717, 1.165) is 6.92 Å². The van der Waals surface area contributed by atoms with E-state index in [0.29, 0.717) is 5.56 Å². The van der Waals surface area contributed by atoms with Gasteiger partial charge in [0.25, 0.3) is 0 Å². The van der Waals surface area contributed by atoms with Crippen LogP contribution in [0.5, 0.6) is 0 Å². The third-order valence-corrected chi connectivity index (χ3v) is 10.7. The van der Waals surface area contributed by atoms with Crippen LogP contribution in [0, 0.1) is 11.3 Å². The van der Waals surface area contributed by atoms with E-state index in [2.05, 4.69) is 4.98 Å². The Bertz CT molecular complexity index is 1910. The summed E-state index contributed by atoms with van der Waals surface area (Å²) in [6.07, 6.45) is -0.518. The molecule has 0 amide bonds. The molecule has 3 aliphatic rings. The Morgan fingerprint density at radius 1 is 0.815 bits per heavy atom. The average molecular weight is 742 g/mol. The fourth-order valence-electron chi connectivity index (χ4n) is 8.63. The smallest absolute Gasteiger partial charge is 0.340 e. The van der Waals surface area contributed by atoms with Crippen molar-refractivity contribution in [3.05, 3.63) is 108 Å². The summed E-state index contributed by atoms with van der Waals surface area (Å²) in [6.45, 7) is 6.47. The lowest BCUT2D eigenvalue weighted by molar-refractivity contribution is -0.348. The van der Waals surface area contributed by atoms with Gasteiger partial charge in [0.05, 0.1) is 28.2 Å². The fraction of sp³-hybridized carbons (Fsp3) is 0.415. The summed E-state index contributed by atoms with van der Waals surface area (Å²) in [5.74, 6) is -5.16. The molecule has 13 nitrogen and oxygen atoms in total. The SMILES string of the molecule is CC(=O)OCC12[C@@H](OC(=O)/C=C\c3ccccc3)CC[C@](C)(O)C13OC(C)(C)C(C3OC(C)=O)[C@@H](OC(=O)c1cccnc1)[C@H]2OC(=O)c1ccccc1. The molecule has 1 aliphatic heterocycles. The molecule has 1 saturated heterocycles. The van der Waals surface area contributed by atoms with Crippen molar-refractivity contribution in [3.63, 3.8) is 0 Å². The molecule has 13 heteroatoms. The van der Waals surface area contributed by atoms with Crippen molar-refractivity contribution in [1.29, 1.82) is 0 Å². The maximum absolute atomic E-state index is 14.2. The molecule has 2 heterocycles. The number of esters is 5. The topological polar surface area (TPSA) is 174 Å². The molecule has 2 aliphatic carbocycles. The number of benzene rings is 2. The molecule has 1 aromatic heterocycles. The molecule has 4 unspecified atom stereocenters. The second kappa shape index (κ2) is 14.8. The van der Waals surface area contributed by atoms with Crippen LogP contribution in [0.2, 0.25) is 0 Å². The van der Waals surface area contributed by atoms with Crippen molar-refractivity contribution in [3.8, 4) is 0 Å². The molecule has 2 bridgehead atoms. The number of carbonyl (C=O) groups is 5. The van der Waals surface area contributed by atoms with Gasteiger partial charge in [-0.25, -0.2) is 14.4 Å². The van der Waals surface area contributed by atoms with Crippen molar-refractivity contribution in [2.75, 3.05) is 6.61 Å². The number of hydrogen-bond acceptors (Lipinski definition) is 13. The van der Waals surface area contributed by atoms with E-state index in [1.807, 2.05) is 6.07 Å². The third-order valence-electron chi connectivity index (χ3n) is 10.7. The first-order chi connectivity index (χ1) is 25.6. The Morgan fingerprint density at radius 2 is 1.46 bits per heavy atom. The summed E-state index contributed by atoms with van der Waals surface area (Å²) < 4.78 is 37.8. The molecule has 6 rings (SSSR count).